The molecular weight excluding hydrogens is 262 g/mol. The van der Waals surface area contributed by atoms with Crippen LogP contribution in [0.5, 0.6) is 0 Å². The van der Waals surface area contributed by atoms with Crippen LogP contribution in [-0.2, 0) is 11.3 Å². The lowest BCUT2D eigenvalue weighted by molar-refractivity contribution is 0.130. The van der Waals surface area contributed by atoms with Crippen LogP contribution in [0.15, 0.2) is 30.3 Å². The first-order valence-electron chi connectivity index (χ1n) is 7.88. The van der Waals surface area contributed by atoms with E-state index >= 15 is 0 Å². The lowest BCUT2D eigenvalue weighted by Crippen LogP contribution is -2.37. The van der Waals surface area contributed by atoms with Crippen LogP contribution < -0.4 is 5.32 Å². The Hall–Kier alpha value is -1.51. The minimum atomic E-state index is -0.377. The van der Waals surface area contributed by atoms with Gasteiger partial charge >= 0.3 is 6.09 Å². The zero-order valence-corrected chi connectivity index (χ0v) is 12.9. The highest BCUT2D eigenvalue weighted by molar-refractivity contribution is 5.67. The lowest BCUT2D eigenvalue weighted by Gasteiger charge is -2.35. The van der Waals surface area contributed by atoms with E-state index in [4.69, 9.17) is 4.74 Å². The Morgan fingerprint density at radius 2 is 1.95 bits per heavy atom. The fourth-order valence-corrected chi connectivity index (χ4v) is 3.19. The number of benzene rings is 1. The third-order valence-corrected chi connectivity index (χ3v) is 4.33. The summed E-state index contributed by atoms with van der Waals surface area (Å²) >= 11 is 0. The highest BCUT2D eigenvalue weighted by Crippen LogP contribution is 2.39. The zero-order valence-electron chi connectivity index (χ0n) is 12.9. The molecular formula is C18H26NO2. The van der Waals surface area contributed by atoms with Gasteiger partial charge in [0, 0.05) is 6.04 Å². The molecule has 1 aliphatic rings. The van der Waals surface area contributed by atoms with E-state index in [-0.39, 0.29) is 12.1 Å². The van der Waals surface area contributed by atoms with Gasteiger partial charge in [-0.2, -0.15) is 0 Å². The molecule has 0 spiro atoms. The normalized spacial score (nSPS) is 18.8. The molecule has 1 N–H and O–H groups in total. The van der Waals surface area contributed by atoms with Crippen molar-refractivity contribution >= 4 is 6.09 Å². The third-order valence-electron chi connectivity index (χ3n) is 4.33. The van der Waals surface area contributed by atoms with Gasteiger partial charge in [0.05, 0.1) is 0 Å². The van der Waals surface area contributed by atoms with Crippen molar-refractivity contribution in [3.05, 3.63) is 42.8 Å². The first-order chi connectivity index (χ1) is 10.1. The number of carbonyl (C=O) groups is 1. The Morgan fingerprint density at radius 3 is 2.62 bits per heavy atom. The average molecular weight is 288 g/mol. The van der Waals surface area contributed by atoms with Crippen LogP contribution in [0, 0.1) is 12.3 Å². The number of nitrogens with one attached hydrogen (secondary N) is 1. The van der Waals surface area contributed by atoms with E-state index < -0.39 is 0 Å². The number of rotatable bonds is 5. The second kappa shape index (κ2) is 7.48. The second-order valence-electron chi connectivity index (χ2n) is 6.48. The fourth-order valence-electron chi connectivity index (χ4n) is 3.19. The smallest absolute Gasteiger partial charge is 0.407 e. The molecule has 115 valence electrons. The molecule has 1 saturated carbocycles. The molecule has 2 rings (SSSR count). The van der Waals surface area contributed by atoms with Crippen molar-refractivity contribution in [2.24, 2.45) is 5.41 Å². The van der Waals surface area contributed by atoms with Gasteiger partial charge in [-0.15, -0.1) is 0 Å². The summed E-state index contributed by atoms with van der Waals surface area (Å²) in [7, 11) is 0. The van der Waals surface area contributed by atoms with Crippen molar-refractivity contribution < 1.29 is 9.53 Å². The molecule has 21 heavy (non-hydrogen) atoms. The standard InChI is InChI=1S/C18H26NO2/c1-15(13-18(2)11-7-4-8-12-18)19-17(20)21-14-16-9-5-3-6-10-16/h3,5-6,9-10,15H,1,4,7-8,11-14H2,2H3,(H,19,20). The third kappa shape index (κ3) is 5.41. The number of hydrogen-bond donors (Lipinski definition) is 1. The van der Waals surface area contributed by atoms with E-state index in [0.717, 1.165) is 12.0 Å². The van der Waals surface area contributed by atoms with Gasteiger partial charge in [0.15, 0.2) is 0 Å². The summed E-state index contributed by atoms with van der Waals surface area (Å²) in [6, 6.07) is 9.61. The first kappa shape index (κ1) is 15.9. The Morgan fingerprint density at radius 1 is 1.29 bits per heavy atom. The van der Waals surface area contributed by atoms with Gasteiger partial charge in [-0.25, -0.2) is 4.79 Å². The van der Waals surface area contributed by atoms with Crippen molar-refractivity contribution in [2.45, 2.75) is 58.1 Å². The van der Waals surface area contributed by atoms with Crippen molar-refractivity contribution in [1.29, 1.82) is 0 Å². The molecule has 3 nitrogen and oxygen atoms in total. The Balaban J connectivity index is 1.71. The van der Waals surface area contributed by atoms with E-state index in [0.29, 0.717) is 12.0 Å². The Kier molecular flexibility index (Phi) is 5.66. The van der Waals surface area contributed by atoms with E-state index in [2.05, 4.69) is 19.2 Å². The molecule has 0 heterocycles. The largest absolute Gasteiger partial charge is 0.445 e. The van der Waals surface area contributed by atoms with E-state index in [1.54, 1.807) is 0 Å². The van der Waals surface area contributed by atoms with Crippen molar-refractivity contribution in [1.82, 2.24) is 5.32 Å². The Bertz CT molecular complexity index is 438. The summed E-state index contributed by atoms with van der Waals surface area (Å²) in [6.45, 7) is 6.67. The van der Waals surface area contributed by atoms with E-state index in [1.165, 1.54) is 32.1 Å². The van der Waals surface area contributed by atoms with Gasteiger partial charge < -0.3 is 10.1 Å². The minimum Gasteiger partial charge on any atom is -0.445 e. The summed E-state index contributed by atoms with van der Waals surface area (Å²) in [5, 5.41) is 2.85. The average Bonchev–Trinajstić information content (AvgIpc) is 2.46. The number of amides is 1. The van der Waals surface area contributed by atoms with Crippen molar-refractivity contribution in [2.75, 3.05) is 0 Å². The molecule has 3 heteroatoms. The van der Waals surface area contributed by atoms with E-state index in [1.807, 2.05) is 30.3 Å². The van der Waals surface area contributed by atoms with Crippen LogP contribution in [0.25, 0.3) is 0 Å². The monoisotopic (exact) mass is 288 g/mol. The number of alkyl carbamates (subject to hydrolysis) is 1. The van der Waals surface area contributed by atoms with Crippen LogP contribution >= 0.6 is 0 Å². The molecule has 0 saturated heterocycles. The molecule has 0 aromatic heterocycles. The van der Waals surface area contributed by atoms with Gasteiger partial charge in [0.1, 0.15) is 6.61 Å². The van der Waals surface area contributed by atoms with Gasteiger partial charge in [-0.3, -0.25) is 0 Å². The van der Waals surface area contributed by atoms with Gasteiger partial charge in [-0.05, 0) is 37.2 Å². The molecule has 1 fully saturated rings. The van der Waals surface area contributed by atoms with Crippen molar-refractivity contribution in [3.63, 3.8) is 0 Å². The molecule has 1 aliphatic carbocycles. The predicted octanol–water partition coefficient (Wildman–Crippen LogP) is 4.48. The highest BCUT2D eigenvalue weighted by Gasteiger charge is 2.29. The minimum absolute atomic E-state index is 0.0867. The second-order valence-corrected chi connectivity index (χ2v) is 6.48. The van der Waals surface area contributed by atoms with E-state index in [9.17, 15) is 4.79 Å². The first-order valence-corrected chi connectivity index (χ1v) is 7.88. The quantitative estimate of drug-likeness (QED) is 0.867. The van der Waals surface area contributed by atoms with Gasteiger partial charge in [0.2, 0.25) is 0 Å². The number of carbonyl (C=O) groups excluding carboxylic acids is 1. The van der Waals surface area contributed by atoms with Crippen LogP contribution in [0.2, 0.25) is 0 Å². The summed E-state index contributed by atoms with van der Waals surface area (Å²) in [5.74, 6) is 0. The molecule has 1 aromatic carbocycles. The maximum atomic E-state index is 11.8. The predicted molar refractivity (Wildman–Crippen MR) is 84.7 cm³/mol. The zero-order chi connectivity index (χ0) is 15.1. The molecule has 1 radical (unpaired) electrons. The maximum Gasteiger partial charge on any atom is 0.407 e. The number of hydrogen-bond acceptors (Lipinski definition) is 2. The summed E-state index contributed by atoms with van der Waals surface area (Å²) < 4.78 is 5.23. The van der Waals surface area contributed by atoms with Crippen LogP contribution in [0.3, 0.4) is 0 Å². The lowest BCUT2D eigenvalue weighted by atomic mass is 9.72. The van der Waals surface area contributed by atoms with Crippen LogP contribution in [-0.4, -0.2) is 12.1 Å². The topological polar surface area (TPSA) is 38.3 Å². The Labute approximate surface area is 128 Å². The summed E-state index contributed by atoms with van der Waals surface area (Å²) in [6.07, 6.45) is 6.94. The highest BCUT2D eigenvalue weighted by atomic mass is 16.5. The SMILES string of the molecule is [CH2]C(CC1(C)CCCCC1)NC(=O)OCc1ccccc1. The summed E-state index contributed by atoms with van der Waals surface area (Å²) in [5.41, 5.74) is 1.31. The molecule has 1 aromatic rings. The van der Waals surface area contributed by atoms with Gasteiger partial charge in [0.25, 0.3) is 0 Å². The molecule has 1 unspecified atom stereocenters. The fraction of sp³-hybridized carbons (Fsp3) is 0.556. The van der Waals surface area contributed by atoms with Crippen LogP contribution in [0.4, 0.5) is 4.79 Å². The van der Waals surface area contributed by atoms with Crippen molar-refractivity contribution in [3.8, 4) is 0 Å². The van der Waals surface area contributed by atoms with Crippen LogP contribution in [0.1, 0.15) is 51.0 Å². The number of ether oxygens (including phenoxy) is 1. The summed E-state index contributed by atoms with van der Waals surface area (Å²) in [4.78, 5) is 11.8. The molecule has 0 aliphatic heterocycles. The van der Waals surface area contributed by atoms with Gasteiger partial charge in [-0.1, -0.05) is 56.5 Å². The maximum absolute atomic E-state index is 11.8. The molecule has 0 bridgehead atoms. The molecule has 1 atom stereocenters. The molecule has 1 amide bonds.